The van der Waals surface area contributed by atoms with Crippen molar-refractivity contribution in [1.82, 2.24) is 9.55 Å². The van der Waals surface area contributed by atoms with Gasteiger partial charge in [-0.3, -0.25) is 9.98 Å². The summed E-state index contributed by atoms with van der Waals surface area (Å²) in [6.45, 7) is 11.7. The van der Waals surface area contributed by atoms with E-state index >= 15 is 0 Å². The molecule has 0 fully saturated rings. The third-order valence-electron chi connectivity index (χ3n) is 1.59. The van der Waals surface area contributed by atoms with E-state index in [1.54, 1.807) is 13.2 Å². The van der Waals surface area contributed by atoms with Crippen molar-refractivity contribution in [2.45, 2.75) is 27.7 Å². The largest absolute Gasteiger partial charge is 0.304 e. The highest BCUT2D eigenvalue weighted by molar-refractivity contribution is 5.37. The minimum absolute atomic E-state index is 0.827. The van der Waals surface area contributed by atoms with E-state index in [0.29, 0.717) is 0 Å². The molecule has 0 aromatic carbocycles. The zero-order chi connectivity index (χ0) is 11.1. The fourth-order valence-electron chi connectivity index (χ4n) is 0.979. The lowest BCUT2D eigenvalue weighted by molar-refractivity contribution is 0.903. The Kier molecular flexibility index (Phi) is 5.53. The number of hydrogen-bond donors (Lipinski definition) is 0. The molecule has 78 valence electrons. The summed E-state index contributed by atoms with van der Waals surface area (Å²) in [5.74, 6) is 0. The second-order valence-electron chi connectivity index (χ2n) is 2.72. The molecule has 0 N–H and O–H groups in total. The summed E-state index contributed by atoms with van der Waals surface area (Å²) < 4.78 is 1.92. The molecule has 0 spiro atoms. The van der Waals surface area contributed by atoms with Crippen LogP contribution in [0, 0.1) is 6.92 Å². The molecule has 0 aliphatic carbocycles. The minimum Gasteiger partial charge on any atom is -0.304 e. The van der Waals surface area contributed by atoms with Gasteiger partial charge in [0.05, 0.1) is 11.9 Å². The van der Waals surface area contributed by atoms with E-state index in [4.69, 9.17) is 0 Å². The second kappa shape index (κ2) is 6.13. The maximum absolute atomic E-state index is 4.14. The predicted molar refractivity (Wildman–Crippen MR) is 60.8 cm³/mol. The molecule has 0 atom stereocenters. The Balaban J connectivity index is 0.000000791. The van der Waals surface area contributed by atoms with Crippen molar-refractivity contribution in [2.75, 3.05) is 7.05 Å². The van der Waals surface area contributed by atoms with Crippen LogP contribution in [0.4, 0.5) is 0 Å². The molecule has 0 saturated carbocycles. The summed E-state index contributed by atoms with van der Waals surface area (Å²) in [6.07, 6.45) is 3.66. The average Bonchev–Trinajstić information content (AvgIpc) is 2.20. The average molecular weight is 193 g/mol. The highest BCUT2D eigenvalue weighted by atomic mass is 15.0. The maximum Gasteiger partial charge on any atom is 0.150 e. The number of nitrogens with zero attached hydrogens (tertiary/aromatic N) is 3. The summed E-state index contributed by atoms with van der Waals surface area (Å²) in [4.78, 5) is 8.21. The monoisotopic (exact) mass is 193 g/mol. The molecule has 3 heteroatoms. The van der Waals surface area contributed by atoms with Gasteiger partial charge in [0.2, 0.25) is 0 Å². The van der Waals surface area contributed by atoms with Gasteiger partial charge in [-0.2, -0.15) is 0 Å². The van der Waals surface area contributed by atoms with E-state index in [0.717, 1.165) is 16.9 Å². The summed E-state index contributed by atoms with van der Waals surface area (Å²) in [5, 5.41) is 0. The van der Waals surface area contributed by atoms with Gasteiger partial charge >= 0.3 is 0 Å². The first-order chi connectivity index (χ1) is 6.65. The molecule has 0 aliphatic heterocycles. The van der Waals surface area contributed by atoms with Gasteiger partial charge in [0.25, 0.3) is 0 Å². The number of rotatable bonds is 1. The van der Waals surface area contributed by atoms with Crippen molar-refractivity contribution in [3.05, 3.63) is 30.2 Å². The van der Waals surface area contributed by atoms with Crippen LogP contribution in [0.2, 0.25) is 0 Å². The van der Waals surface area contributed by atoms with Crippen molar-refractivity contribution in [3.63, 3.8) is 0 Å². The molecular weight excluding hydrogens is 174 g/mol. The van der Waals surface area contributed by atoms with Crippen LogP contribution in [-0.2, 0) is 0 Å². The molecule has 1 aromatic rings. The van der Waals surface area contributed by atoms with Crippen LogP contribution < -0.4 is 5.49 Å². The lowest BCUT2D eigenvalue weighted by atomic mass is 10.4. The number of aromatic nitrogens is 2. The molecule has 1 heterocycles. The Bertz CT molecular complexity index is 361. The van der Waals surface area contributed by atoms with Gasteiger partial charge in [-0.1, -0.05) is 20.4 Å². The molecule has 0 radical (unpaired) electrons. The lowest BCUT2D eigenvalue weighted by Gasteiger charge is -2.05. The SMILES string of the molecule is C=C(C)n1cc(C)ncc1=NC.CC. The van der Waals surface area contributed by atoms with Crippen LogP contribution in [0.15, 0.2) is 24.0 Å². The van der Waals surface area contributed by atoms with Crippen molar-refractivity contribution >= 4 is 5.70 Å². The summed E-state index contributed by atoms with van der Waals surface area (Å²) in [5.41, 5.74) is 2.74. The fraction of sp³-hybridized carbons (Fsp3) is 0.455. The van der Waals surface area contributed by atoms with E-state index in [-0.39, 0.29) is 0 Å². The van der Waals surface area contributed by atoms with E-state index in [1.165, 1.54) is 0 Å². The van der Waals surface area contributed by atoms with Crippen LogP contribution in [-0.4, -0.2) is 16.6 Å². The van der Waals surface area contributed by atoms with E-state index in [2.05, 4.69) is 16.6 Å². The van der Waals surface area contributed by atoms with Crippen molar-refractivity contribution in [1.29, 1.82) is 0 Å². The number of hydrogen-bond acceptors (Lipinski definition) is 2. The highest BCUT2D eigenvalue weighted by Crippen LogP contribution is 1.95. The molecule has 1 rings (SSSR count). The molecule has 0 aliphatic rings. The van der Waals surface area contributed by atoms with E-state index in [1.807, 2.05) is 38.5 Å². The van der Waals surface area contributed by atoms with E-state index in [9.17, 15) is 0 Å². The Labute approximate surface area is 85.8 Å². The topological polar surface area (TPSA) is 30.2 Å². The smallest absolute Gasteiger partial charge is 0.150 e. The Morgan fingerprint density at radius 1 is 1.50 bits per heavy atom. The lowest BCUT2D eigenvalue weighted by Crippen LogP contribution is -2.19. The maximum atomic E-state index is 4.14. The minimum atomic E-state index is 0.827. The van der Waals surface area contributed by atoms with Crippen molar-refractivity contribution < 1.29 is 0 Å². The van der Waals surface area contributed by atoms with Crippen LogP contribution in [0.1, 0.15) is 26.5 Å². The van der Waals surface area contributed by atoms with Gasteiger partial charge in [-0.15, -0.1) is 0 Å². The molecule has 0 saturated heterocycles. The second-order valence-corrected chi connectivity index (χ2v) is 2.72. The van der Waals surface area contributed by atoms with Gasteiger partial charge in [-0.05, 0) is 13.8 Å². The quantitative estimate of drug-likeness (QED) is 0.672. The zero-order valence-electron chi connectivity index (χ0n) is 9.70. The molecule has 3 nitrogen and oxygen atoms in total. The first-order valence-corrected chi connectivity index (χ1v) is 4.79. The first kappa shape index (κ1) is 12.6. The molecule has 14 heavy (non-hydrogen) atoms. The van der Waals surface area contributed by atoms with Gasteiger partial charge in [0.1, 0.15) is 5.49 Å². The number of aryl methyl sites for hydroxylation is 1. The third-order valence-corrected chi connectivity index (χ3v) is 1.59. The fourth-order valence-corrected chi connectivity index (χ4v) is 0.979. The van der Waals surface area contributed by atoms with Gasteiger partial charge in [0, 0.05) is 18.9 Å². The van der Waals surface area contributed by atoms with Crippen LogP contribution in [0.5, 0.6) is 0 Å². The third kappa shape index (κ3) is 3.17. The molecule has 0 unspecified atom stereocenters. The summed E-state index contributed by atoms with van der Waals surface area (Å²) in [7, 11) is 1.74. The Hall–Kier alpha value is -1.38. The first-order valence-electron chi connectivity index (χ1n) is 4.79. The van der Waals surface area contributed by atoms with Crippen LogP contribution in [0.25, 0.3) is 5.70 Å². The molecular formula is C11H19N3. The standard InChI is InChI=1S/C9H13N3.C2H6/c1-7(2)12-6-8(3)11-5-9(12)10-4;1-2/h5-6H,1H2,2-4H3;1-2H3. The highest BCUT2D eigenvalue weighted by Gasteiger charge is 1.93. The van der Waals surface area contributed by atoms with Crippen molar-refractivity contribution in [2.24, 2.45) is 4.99 Å². The van der Waals surface area contributed by atoms with Crippen molar-refractivity contribution in [3.8, 4) is 0 Å². The Morgan fingerprint density at radius 3 is 2.50 bits per heavy atom. The van der Waals surface area contributed by atoms with Gasteiger partial charge in [0.15, 0.2) is 0 Å². The number of allylic oxidation sites excluding steroid dienone is 1. The zero-order valence-corrected chi connectivity index (χ0v) is 9.70. The Morgan fingerprint density at radius 2 is 2.07 bits per heavy atom. The van der Waals surface area contributed by atoms with Gasteiger partial charge < -0.3 is 4.57 Å². The molecule has 1 aromatic heterocycles. The molecule has 0 bridgehead atoms. The normalized spacial score (nSPS) is 10.5. The van der Waals surface area contributed by atoms with Crippen LogP contribution in [0.3, 0.4) is 0 Å². The van der Waals surface area contributed by atoms with Gasteiger partial charge in [-0.25, -0.2) is 0 Å². The van der Waals surface area contributed by atoms with Crippen LogP contribution >= 0.6 is 0 Å². The molecule has 0 amide bonds. The predicted octanol–water partition coefficient (Wildman–Crippen LogP) is 2.24. The summed E-state index contributed by atoms with van der Waals surface area (Å²) >= 11 is 0. The summed E-state index contributed by atoms with van der Waals surface area (Å²) in [6, 6.07) is 0. The van der Waals surface area contributed by atoms with E-state index < -0.39 is 0 Å².